The molecule has 4 heteroatoms. The molecule has 2 N–H and O–H groups in total. The number of nitrogens with one attached hydrogen (secondary N) is 1. The van der Waals surface area contributed by atoms with E-state index < -0.39 is 5.54 Å². The third-order valence-electron chi connectivity index (χ3n) is 3.93. The van der Waals surface area contributed by atoms with Gasteiger partial charge in [-0.15, -0.1) is 0 Å². The summed E-state index contributed by atoms with van der Waals surface area (Å²) in [5.41, 5.74) is 1.90. The maximum Gasteiger partial charge on any atom is 0.126 e. The van der Waals surface area contributed by atoms with Gasteiger partial charge in [-0.05, 0) is 54.3 Å². The summed E-state index contributed by atoms with van der Waals surface area (Å²) < 4.78 is 14.8. The van der Waals surface area contributed by atoms with Gasteiger partial charge in [0.05, 0.1) is 12.1 Å². The summed E-state index contributed by atoms with van der Waals surface area (Å²) in [4.78, 5) is 0. The highest BCUT2D eigenvalue weighted by Gasteiger charge is 2.39. The molecule has 0 spiro atoms. The molecule has 1 aliphatic rings. The molecule has 104 valence electrons. The van der Waals surface area contributed by atoms with Crippen LogP contribution in [0.3, 0.4) is 0 Å². The Balaban J connectivity index is 1.98. The first-order valence-corrected chi connectivity index (χ1v) is 7.36. The third kappa shape index (κ3) is 2.23. The molecule has 0 heterocycles. The van der Waals surface area contributed by atoms with E-state index in [1.807, 2.05) is 30.3 Å². The Kier molecular flexibility index (Phi) is 3.52. The molecule has 2 aromatic rings. The molecule has 0 saturated heterocycles. The van der Waals surface area contributed by atoms with Crippen LogP contribution in [0.25, 0.3) is 0 Å². The van der Waals surface area contributed by atoms with Crippen LogP contribution in [0.2, 0.25) is 0 Å². The molecule has 1 atom stereocenters. The van der Waals surface area contributed by atoms with Gasteiger partial charge >= 0.3 is 0 Å². The van der Waals surface area contributed by atoms with Crippen molar-refractivity contribution in [2.24, 2.45) is 0 Å². The number of hydrogen-bond acceptors (Lipinski definition) is 2. The van der Waals surface area contributed by atoms with Crippen LogP contribution in [0.5, 0.6) is 0 Å². The first-order valence-electron chi connectivity index (χ1n) is 6.57. The second-order valence-electron chi connectivity index (χ2n) is 5.14. The number of anilines is 1. The molecule has 2 nitrogen and oxygen atoms in total. The zero-order valence-corrected chi connectivity index (χ0v) is 12.5. The van der Waals surface area contributed by atoms with Gasteiger partial charge in [-0.3, -0.25) is 0 Å². The topological polar surface area (TPSA) is 32.3 Å². The Morgan fingerprint density at radius 2 is 1.95 bits per heavy atom. The predicted octanol–water partition coefficient (Wildman–Crippen LogP) is 3.83. The Labute approximate surface area is 125 Å². The first kappa shape index (κ1) is 13.6. The van der Waals surface area contributed by atoms with Gasteiger partial charge < -0.3 is 10.4 Å². The van der Waals surface area contributed by atoms with Crippen LogP contribution in [0.1, 0.15) is 17.5 Å². The van der Waals surface area contributed by atoms with Crippen LogP contribution in [-0.2, 0) is 12.0 Å². The molecule has 3 rings (SSSR count). The molecule has 1 unspecified atom stereocenters. The van der Waals surface area contributed by atoms with Gasteiger partial charge in [-0.2, -0.15) is 0 Å². The van der Waals surface area contributed by atoms with E-state index in [2.05, 4.69) is 21.2 Å². The van der Waals surface area contributed by atoms with Crippen molar-refractivity contribution in [1.29, 1.82) is 0 Å². The van der Waals surface area contributed by atoms with Crippen molar-refractivity contribution in [3.63, 3.8) is 0 Å². The van der Waals surface area contributed by atoms with Crippen molar-refractivity contribution < 1.29 is 9.50 Å². The summed E-state index contributed by atoms with van der Waals surface area (Å²) in [5, 5.41) is 13.3. The minimum absolute atomic E-state index is 0.0560. The van der Waals surface area contributed by atoms with Crippen LogP contribution in [0.4, 0.5) is 10.1 Å². The molecule has 0 radical (unpaired) electrons. The van der Waals surface area contributed by atoms with Crippen molar-refractivity contribution in [3.05, 3.63) is 63.9 Å². The van der Waals surface area contributed by atoms with Gasteiger partial charge in [-0.1, -0.05) is 28.1 Å². The van der Waals surface area contributed by atoms with Crippen LogP contribution < -0.4 is 5.32 Å². The van der Waals surface area contributed by atoms with Crippen LogP contribution in [0, 0.1) is 5.82 Å². The van der Waals surface area contributed by atoms with E-state index in [4.69, 9.17) is 0 Å². The van der Waals surface area contributed by atoms with E-state index in [9.17, 15) is 9.50 Å². The SMILES string of the molecule is OCC1(Nc2ccc(Br)cc2)CCc2c(F)cccc21. The molecule has 0 aromatic heterocycles. The summed E-state index contributed by atoms with van der Waals surface area (Å²) >= 11 is 3.40. The van der Waals surface area contributed by atoms with Crippen molar-refractivity contribution in [2.75, 3.05) is 11.9 Å². The minimum atomic E-state index is -0.592. The molecule has 0 amide bonds. The smallest absolute Gasteiger partial charge is 0.126 e. The monoisotopic (exact) mass is 335 g/mol. The molecule has 20 heavy (non-hydrogen) atoms. The average Bonchev–Trinajstić information content (AvgIpc) is 2.83. The number of halogens is 2. The Hall–Kier alpha value is -1.39. The largest absolute Gasteiger partial charge is 0.394 e. The lowest BCUT2D eigenvalue weighted by Crippen LogP contribution is -2.36. The van der Waals surface area contributed by atoms with E-state index in [1.165, 1.54) is 6.07 Å². The molecule has 0 aliphatic heterocycles. The maximum atomic E-state index is 13.8. The van der Waals surface area contributed by atoms with Gasteiger partial charge in [0, 0.05) is 10.2 Å². The molecule has 0 saturated carbocycles. The summed E-state index contributed by atoms with van der Waals surface area (Å²) in [6.07, 6.45) is 1.34. The summed E-state index contributed by atoms with van der Waals surface area (Å²) in [7, 11) is 0. The first-order chi connectivity index (χ1) is 9.64. The Morgan fingerprint density at radius 1 is 1.20 bits per heavy atom. The highest BCUT2D eigenvalue weighted by molar-refractivity contribution is 9.10. The van der Waals surface area contributed by atoms with E-state index >= 15 is 0 Å². The van der Waals surface area contributed by atoms with Gasteiger partial charge in [0.15, 0.2) is 0 Å². The Bertz CT molecular complexity index is 629. The number of aliphatic hydroxyl groups is 1. The number of rotatable bonds is 3. The van der Waals surface area contributed by atoms with E-state index in [0.29, 0.717) is 18.4 Å². The van der Waals surface area contributed by atoms with Gasteiger partial charge in [0.2, 0.25) is 0 Å². The van der Waals surface area contributed by atoms with E-state index in [0.717, 1.165) is 15.7 Å². The number of fused-ring (bicyclic) bond motifs is 1. The summed E-state index contributed by atoms with van der Waals surface area (Å²) in [5.74, 6) is -0.185. The molecule has 0 fully saturated rings. The van der Waals surface area contributed by atoms with Crippen LogP contribution in [-0.4, -0.2) is 11.7 Å². The third-order valence-corrected chi connectivity index (χ3v) is 4.46. The van der Waals surface area contributed by atoms with Crippen molar-refractivity contribution in [1.82, 2.24) is 0 Å². The van der Waals surface area contributed by atoms with E-state index in [1.54, 1.807) is 6.07 Å². The summed E-state index contributed by atoms with van der Waals surface area (Å²) in [6, 6.07) is 12.8. The zero-order chi connectivity index (χ0) is 14.2. The zero-order valence-electron chi connectivity index (χ0n) is 10.9. The van der Waals surface area contributed by atoms with Crippen LogP contribution in [0.15, 0.2) is 46.9 Å². The van der Waals surface area contributed by atoms with Crippen LogP contribution >= 0.6 is 15.9 Å². The minimum Gasteiger partial charge on any atom is -0.394 e. The lowest BCUT2D eigenvalue weighted by Gasteiger charge is -2.31. The second kappa shape index (κ2) is 5.19. The van der Waals surface area contributed by atoms with Gasteiger partial charge in [0.25, 0.3) is 0 Å². The fourth-order valence-corrected chi connectivity index (χ4v) is 3.14. The predicted molar refractivity (Wildman–Crippen MR) is 81.2 cm³/mol. The maximum absolute atomic E-state index is 13.8. The van der Waals surface area contributed by atoms with Gasteiger partial charge in [0.1, 0.15) is 5.82 Å². The molecular formula is C16H15BrFNO. The standard InChI is InChI=1S/C16H15BrFNO/c17-11-4-6-12(7-5-11)19-16(10-20)9-8-13-14(16)2-1-3-15(13)18/h1-7,19-20H,8-10H2. The van der Waals surface area contributed by atoms with Crippen molar-refractivity contribution in [3.8, 4) is 0 Å². The quantitative estimate of drug-likeness (QED) is 0.893. The average molecular weight is 336 g/mol. The van der Waals surface area contributed by atoms with Crippen molar-refractivity contribution in [2.45, 2.75) is 18.4 Å². The fourth-order valence-electron chi connectivity index (χ4n) is 2.88. The van der Waals surface area contributed by atoms with Gasteiger partial charge in [-0.25, -0.2) is 4.39 Å². The van der Waals surface area contributed by atoms with Crippen molar-refractivity contribution >= 4 is 21.6 Å². The lowest BCUT2D eigenvalue weighted by atomic mass is 9.92. The highest BCUT2D eigenvalue weighted by atomic mass is 79.9. The number of benzene rings is 2. The Morgan fingerprint density at radius 3 is 2.65 bits per heavy atom. The lowest BCUT2D eigenvalue weighted by molar-refractivity contribution is 0.212. The second-order valence-corrected chi connectivity index (χ2v) is 6.05. The molecular weight excluding hydrogens is 321 g/mol. The molecule has 2 aromatic carbocycles. The molecule has 1 aliphatic carbocycles. The normalized spacial score (nSPS) is 20.8. The number of aliphatic hydroxyl groups excluding tert-OH is 1. The summed E-state index contributed by atoms with van der Waals surface area (Å²) in [6.45, 7) is -0.0560. The molecule has 0 bridgehead atoms. The highest BCUT2D eigenvalue weighted by Crippen LogP contribution is 2.40. The fraction of sp³-hybridized carbons (Fsp3) is 0.250. The number of hydrogen-bond donors (Lipinski definition) is 2. The van der Waals surface area contributed by atoms with E-state index in [-0.39, 0.29) is 12.4 Å².